The van der Waals surface area contributed by atoms with Gasteiger partial charge in [-0.05, 0) is 18.4 Å². The fourth-order valence-electron chi connectivity index (χ4n) is 2.83. The van der Waals surface area contributed by atoms with E-state index in [2.05, 4.69) is 31.8 Å². The Kier molecular flexibility index (Phi) is 2.86. The molecular formula is C12H21NO2Si. The summed E-state index contributed by atoms with van der Waals surface area (Å²) < 4.78 is 4.85. The maximum Gasteiger partial charge on any atom is 0.410 e. The molecule has 2 bridgehead atoms. The average Bonchev–Trinajstić information content (AvgIpc) is 2.46. The predicted molar refractivity (Wildman–Crippen MR) is 67.3 cm³/mol. The molecule has 0 N–H and O–H groups in total. The average molecular weight is 239 g/mol. The highest BCUT2D eigenvalue weighted by Gasteiger charge is 2.44. The van der Waals surface area contributed by atoms with Gasteiger partial charge in [-0.1, -0.05) is 31.8 Å². The third kappa shape index (κ3) is 1.90. The van der Waals surface area contributed by atoms with Gasteiger partial charge in [0.1, 0.15) is 0 Å². The second-order valence-corrected chi connectivity index (χ2v) is 11.5. The van der Waals surface area contributed by atoms with Crippen molar-refractivity contribution < 1.29 is 9.53 Å². The number of amides is 1. The van der Waals surface area contributed by atoms with Crippen molar-refractivity contribution >= 4 is 14.2 Å². The largest absolute Gasteiger partial charge is 0.453 e. The summed E-state index contributed by atoms with van der Waals surface area (Å²) in [5, 5.41) is 0. The van der Waals surface area contributed by atoms with Gasteiger partial charge in [0.15, 0.2) is 0 Å². The van der Waals surface area contributed by atoms with Crippen molar-refractivity contribution in [2.24, 2.45) is 0 Å². The molecule has 2 rings (SSSR count). The second-order valence-electron chi connectivity index (χ2n) is 5.93. The minimum Gasteiger partial charge on any atom is -0.453 e. The number of rotatable bonds is 1. The van der Waals surface area contributed by atoms with E-state index in [9.17, 15) is 4.79 Å². The first kappa shape index (κ1) is 11.7. The van der Waals surface area contributed by atoms with Crippen LogP contribution in [0.1, 0.15) is 12.8 Å². The number of fused-ring (bicyclic) bond motifs is 2. The highest BCUT2D eigenvalue weighted by atomic mass is 28.3. The molecule has 4 heteroatoms. The van der Waals surface area contributed by atoms with Gasteiger partial charge in [0.05, 0.1) is 19.2 Å². The third-order valence-electron chi connectivity index (χ3n) is 3.93. The second kappa shape index (κ2) is 3.91. The summed E-state index contributed by atoms with van der Waals surface area (Å²) in [5.41, 5.74) is 0.818. The van der Waals surface area contributed by atoms with Crippen LogP contribution in [0.4, 0.5) is 4.79 Å². The topological polar surface area (TPSA) is 29.5 Å². The molecule has 16 heavy (non-hydrogen) atoms. The molecule has 2 atom stereocenters. The van der Waals surface area contributed by atoms with Crippen molar-refractivity contribution in [1.82, 2.24) is 4.90 Å². The Balaban J connectivity index is 2.11. The van der Waals surface area contributed by atoms with Gasteiger partial charge < -0.3 is 4.74 Å². The van der Waals surface area contributed by atoms with Crippen LogP contribution in [-0.2, 0) is 4.74 Å². The standard InChI is InChI=1S/C12H21NO2Si/c1-15-12(14)13-9-5-6-10(13)8-11(7-9)16(2,3)4/h5-6,9-11H,7-8H2,1-4H3. The number of nitrogens with zero attached hydrogens (tertiary/aromatic N) is 1. The molecule has 2 heterocycles. The van der Waals surface area contributed by atoms with Gasteiger partial charge in [-0.15, -0.1) is 0 Å². The highest BCUT2D eigenvalue weighted by molar-refractivity contribution is 6.77. The molecule has 2 aliphatic rings. The van der Waals surface area contributed by atoms with Gasteiger partial charge in [-0.25, -0.2) is 4.79 Å². The van der Waals surface area contributed by atoms with Gasteiger partial charge >= 0.3 is 6.09 Å². The SMILES string of the molecule is COC(=O)N1C2C=CC1CC([Si](C)(C)C)C2. The lowest BCUT2D eigenvalue weighted by Gasteiger charge is -2.42. The Hall–Kier alpha value is -0.773. The van der Waals surface area contributed by atoms with Crippen LogP contribution in [0.5, 0.6) is 0 Å². The predicted octanol–water partition coefficient (Wildman–Crippen LogP) is 2.86. The van der Waals surface area contributed by atoms with Crippen LogP contribution in [0.25, 0.3) is 0 Å². The lowest BCUT2D eigenvalue weighted by Crippen LogP contribution is -2.49. The van der Waals surface area contributed by atoms with Crippen LogP contribution in [-0.4, -0.2) is 38.3 Å². The van der Waals surface area contributed by atoms with Gasteiger partial charge in [0, 0.05) is 8.07 Å². The number of carbonyl (C=O) groups excluding carboxylic acids is 1. The fourth-order valence-corrected chi connectivity index (χ4v) is 4.73. The van der Waals surface area contributed by atoms with Crippen LogP contribution in [0.15, 0.2) is 12.2 Å². The van der Waals surface area contributed by atoms with Crippen LogP contribution in [0, 0.1) is 0 Å². The van der Waals surface area contributed by atoms with E-state index in [1.54, 1.807) is 0 Å². The summed E-state index contributed by atoms with van der Waals surface area (Å²) in [6.07, 6.45) is 6.44. The van der Waals surface area contributed by atoms with E-state index in [1.165, 1.54) is 7.11 Å². The van der Waals surface area contributed by atoms with E-state index in [1.807, 2.05) is 4.90 Å². The maximum absolute atomic E-state index is 11.7. The molecule has 1 amide bonds. The van der Waals surface area contributed by atoms with Crippen molar-refractivity contribution in [3.63, 3.8) is 0 Å². The van der Waals surface area contributed by atoms with Crippen LogP contribution in [0.3, 0.4) is 0 Å². The van der Waals surface area contributed by atoms with Crippen molar-refractivity contribution in [2.45, 2.75) is 50.1 Å². The first-order valence-electron chi connectivity index (χ1n) is 5.98. The maximum atomic E-state index is 11.7. The molecule has 1 saturated heterocycles. The summed E-state index contributed by atoms with van der Waals surface area (Å²) in [6.45, 7) is 7.26. The summed E-state index contributed by atoms with van der Waals surface area (Å²) in [4.78, 5) is 13.6. The van der Waals surface area contributed by atoms with Gasteiger partial charge in [0.2, 0.25) is 0 Å². The molecule has 0 aromatic heterocycles. The molecule has 0 aliphatic carbocycles. The van der Waals surface area contributed by atoms with Crippen molar-refractivity contribution in [2.75, 3.05) is 7.11 Å². The minimum absolute atomic E-state index is 0.172. The van der Waals surface area contributed by atoms with E-state index in [-0.39, 0.29) is 18.2 Å². The highest BCUT2D eigenvalue weighted by Crippen LogP contribution is 2.42. The molecule has 0 aromatic carbocycles. The number of hydrogen-bond acceptors (Lipinski definition) is 2. The first-order valence-corrected chi connectivity index (χ1v) is 9.56. The monoisotopic (exact) mass is 239 g/mol. The Labute approximate surface area is 98.5 Å². The van der Waals surface area contributed by atoms with Crippen LogP contribution >= 0.6 is 0 Å². The van der Waals surface area contributed by atoms with Gasteiger partial charge in [-0.3, -0.25) is 4.90 Å². The van der Waals surface area contributed by atoms with Crippen LogP contribution < -0.4 is 0 Å². The third-order valence-corrected chi connectivity index (χ3v) is 6.85. The molecule has 1 fully saturated rings. The van der Waals surface area contributed by atoms with E-state index in [0.29, 0.717) is 0 Å². The van der Waals surface area contributed by atoms with Crippen LogP contribution in [0.2, 0.25) is 25.2 Å². The van der Waals surface area contributed by atoms with Gasteiger partial charge in [-0.2, -0.15) is 0 Å². The molecule has 2 aliphatic heterocycles. The summed E-state index contributed by atoms with van der Waals surface area (Å²) >= 11 is 0. The summed E-state index contributed by atoms with van der Waals surface area (Å²) in [5.74, 6) is 0. The molecule has 90 valence electrons. The van der Waals surface area contributed by atoms with E-state index >= 15 is 0 Å². The van der Waals surface area contributed by atoms with Crippen molar-refractivity contribution in [1.29, 1.82) is 0 Å². The Bertz CT molecular complexity index is 305. The normalized spacial score (nSPS) is 33.0. The van der Waals surface area contributed by atoms with Gasteiger partial charge in [0.25, 0.3) is 0 Å². The number of piperidine rings is 1. The van der Waals surface area contributed by atoms with Crippen molar-refractivity contribution in [3.8, 4) is 0 Å². The lowest BCUT2D eigenvalue weighted by molar-refractivity contribution is 0.0915. The molecule has 0 radical (unpaired) electrons. The number of ether oxygens (including phenoxy) is 1. The molecule has 0 aromatic rings. The number of methoxy groups -OCH3 is 1. The quantitative estimate of drug-likeness (QED) is 0.520. The molecule has 3 nitrogen and oxygen atoms in total. The Morgan fingerprint density at radius 2 is 1.75 bits per heavy atom. The molecule has 0 saturated carbocycles. The van der Waals surface area contributed by atoms with E-state index in [0.717, 1.165) is 18.4 Å². The molecule has 0 spiro atoms. The number of carbonyl (C=O) groups is 1. The van der Waals surface area contributed by atoms with E-state index < -0.39 is 8.07 Å². The van der Waals surface area contributed by atoms with Crippen molar-refractivity contribution in [3.05, 3.63) is 12.2 Å². The fraction of sp³-hybridized carbons (Fsp3) is 0.750. The minimum atomic E-state index is -1.09. The number of hydrogen-bond donors (Lipinski definition) is 0. The molecule has 2 unspecified atom stereocenters. The lowest BCUT2D eigenvalue weighted by atomic mass is 10.0. The first-order chi connectivity index (χ1) is 7.43. The Morgan fingerprint density at radius 1 is 1.25 bits per heavy atom. The Morgan fingerprint density at radius 3 is 2.12 bits per heavy atom. The zero-order valence-electron chi connectivity index (χ0n) is 10.6. The smallest absolute Gasteiger partial charge is 0.410 e. The van der Waals surface area contributed by atoms with E-state index in [4.69, 9.17) is 4.74 Å². The zero-order chi connectivity index (χ0) is 11.9. The summed E-state index contributed by atoms with van der Waals surface area (Å²) in [7, 11) is 0.371. The molecular weight excluding hydrogens is 218 g/mol. The zero-order valence-corrected chi connectivity index (χ0v) is 11.6. The summed E-state index contributed by atoms with van der Waals surface area (Å²) in [6, 6.07) is 0.561.